The van der Waals surface area contributed by atoms with E-state index in [2.05, 4.69) is 24.2 Å². The molecule has 0 aromatic heterocycles. The summed E-state index contributed by atoms with van der Waals surface area (Å²) in [5.74, 6) is 1.86. The number of ether oxygens (including phenoxy) is 2. The molecular formula is C13H24N2O2S. The predicted molar refractivity (Wildman–Crippen MR) is 76.3 cm³/mol. The average Bonchev–Trinajstić information content (AvgIpc) is 2.95. The molecule has 18 heavy (non-hydrogen) atoms. The zero-order valence-corrected chi connectivity index (χ0v) is 12.4. The van der Waals surface area contributed by atoms with Gasteiger partial charge in [0, 0.05) is 31.9 Å². The van der Waals surface area contributed by atoms with Crippen LogP contribution in [-0.4, -0.2) is 49.4 Å². The quantitative estimate of drug-likeness (QED) is 0.830. The van der Waals surface area contributed by atoms with Gasteiger partial charge in [0.25, 0.3) is 0 Å². The van der Waals surface area contributed by atoms with Crippen LogP contribution in [0.3, 0.4) is 0 Å². The average molecular weight is 272 g/mol. The van der Waals surface area contributed by atoms with E-state index in [0.717, 1.165) is 29.9 Å². The van der Waals surface area contributed by atoms with Crippen LogP contribution >= 0.6 is 11.8 Å². The summed E-state index contributed by atoms with van der Waals surface area (Å²) in [6.07, 6.45) is 2.16. The van der Waals surface area contributed by atoms with E-state index in [1.807, 2.05) is 11.8 Å². The SMILES string of the molecule is COC1(CN=C2NC(CC(C)C)CS2)CCOC1. The smallest absolute Gasteiger partial charge is 0.156 e. The van der Waals surface area contributed by atoms with Crippen molar-refractivity contribution >= 4 is 16.9 Å². The lowest BCUT2D eigenvalue weighted by Crippen LogP contribution is -2.36. The second-order valence-electron chi connectivity index (χ2n) is 5.59. The van der Waals surface area contributed by atoms with Crippen LogP contribution in [0.2, 0.25) is 0 Å². The Morgan fingerprint density at radius 1 is 1.61 bits per heavy atom. The zero-order valence-electron chi connectivity index (χ0n) is 11.6. The molecule has 2 atom stereocenters. The lowest BCUT2D eigenvalue weighted by atomic mass is 10.0. The fraction of sp³-hybridized carbons (Fsp3) is 0.923. The molecule has 0 aromatic rings. The second kappa shape index (κ2) is 6.26. The molecule has 2 saturated heterocycles. The number of rotatable bonds is 5. The Bertz CT molecular complexity index is 301. The number of thioether (sulfide) groups is 1. The maximum Gasteiger partial charge on any atom is 0.156 e. The van der Waals surface area contributed by atoms with Gasteiger partial charge in [-0.05, 0) is 12.3 Å². The Morgan fingerprint density at radius 3 is 3.06 bits per heavy atom. The lowest BCUT2D eigenvalue weighted by Gasteiger charge is -2.23. The number of nitrogens with one attached hydrogen (secondary N) is 1. The van der Waals surface area contributed by atoms with E-state index in [1.54, 1.807) is 7.11 Å². The molecule has 0 radical (unpaired) electrons. The molecule has 2 heterocycles. The van der Waals surface area contributed by atoms with Gasteiger partial charge in [-0.25, -0.2) is 0 Å². The molecule has 2 unspecified atom stereocenters. The summed E-state index contributed by atoms with van der Waals surface area (Å²) in [7, 11) is 1.76. The Morgan fingerprint density at radius 2 is 2.44 bits per heavy atom. The van der Waals surface area contributed by atoms with Crippen molar-refractivity contribution in [1.82, 2.24) is 5.32 Å². The van der Waals surface area contributed by atoms with Crippen LogP contribution in [0.15, 0.2) is 4.99 Å². The third-order valence-electron chi connectivity index (χ3n) is 3.52. The van der Waals surface area contributed by atoms with Gasteiger partial charge in [-0.2, -0.15) is 0 Å². The van der Waals surface area contributed by atoms with Gasteiger partial charge in [0.2, 0.25) is 0 Å². The van der Waals surface area contributed by atoms with Crippen LogP contribution in [0.4, 0.5) is 0 Å². The summed E-state index contributed by atoms with van der Waals surface area (Å²) >= 11 is 1.83. The van der Waals surface area contributed by atoms with Gasteiger partial charge in [0.1, 0.15) is 5.60 Å². The highest BCUT2D eigenvalue weighted by molar-refractivity contribution is 8.14. The van der Waals surface area contributed by atoms with Crippen molar-refractivity contribution in [3.05, 3.63) is 0 Å². The number of hydrogen-bond donors (Lipinski definition) is 1. The van der Waals surface area contributed by atoms with Crippen molar-refractivity contribution in [2.45, 2.75) is 38.3 Å². The number of amidine groups is 1. The van der Waals surface area contributed by atoms with Crippen LogP contribution < -0.4 is 5.32 Å². The van der Waals surface area contributed by atoms with E-state index in [-0.39, 0.29) is 5.60 Å². The molecule has 0 bridgehead atoms. The minimum Gasteiger partial charge on any atom is -0.378 e. The first-order valence-corrected chi connectivity index (χ1v) is 7.69. The third-order valence-corrected chi connectivity index (χ3v) is 4.61. The van der Waals surface area contributed by atoms with Crippen molar-refractivity contribution in [3.8, 4) is 0 Å². The zero-order chi connectivity index (χ0) is 13.0. The Kier molecular flexibility index (Phi) is 4.92. The number of hydrogen-bond acceptors (Lipinski definition) is 4. The van der Waals surface area contributed by atoms with E-state index in [4.69, 9.17) is 9.47 Å². The standard InChI is InChI=1S/C13H24N2O2S/c1-10(2)6-11-7-18-12(15-11)14-8-13(16-3)4-5-17-9-13/h10-11H,4-9H2,1-3H3,(H,14,15). The van der Waals surface area contributed by atoms with E-state index >= 15 is 0 Å². The molecule has 1 N–H and O–H groups in total. The highest BCUT2D eigenvalue weighted by Gasteiger charge is 2.35. The van der Waals surface area contributed by atoms with Crippen LogP contribution in [-0.2, 0) is 9.47 Å². The molecule has 2 rings (SSSR count). The first kappa shape index (κ1) is 14.2. The summed E-state index contributed by atoms with van der Waals surface area (Å²) < 4.78 is 11.0. The monoisotopic (exact) mass is 272 g/mol. The number of aliphatic imine (C=N–C) groups is 1. The molecule has 2 aliphatic rings. The molecular weight excluding hydrogens is 248 g/mol. The summed E-state index contributed by atoms with van der Waals surface area (Å²) in [5, 5.41) is 4.58. The van der Waals surface area contributed by atoms with Crippen molar-refractivity contribution in [2.75, 3.05) is 32.6 Å². The molecule has 0 aliphatic carbocycles. The summed E-state index contributed by atoms with van der Waals surface area (Å²) in [6, 6.07) is 0.576. The normalized spacial score (nSPS) is 34.4. The molecule has 0 spiro atoms. The van der Waals surface area contributed by atoms with E-state index in [1.165, 1.54) is 6.42 Å². The summed E-state index contributed by atoms with van der Waals surface area (Å²) in [5.41, 5.74) is -0.189. The molecule has 0 aromatic carbocycles. The number of methoxy groups -OCH3 is 1. The fourth-order valence-corrected chi connectivity index (χ4v) is 3.36. The van der Waals surface area contributed by atoms with E-state index < -0.39 is 0 Å². The topological polar surface area (TPSA) is 42.8 Å². The highest BCUT2D eigenvalue weighted by atomic mass is 32.2. The third kappa shape index (κ3) is 3.62. The van der Waals surface area contributed by atoms with Crippen molar-refractivity contribution in [1.29, 1.82) is 0 Å². The minimum absolute atomic E-state index is 0.189. The Labute approximate surface area is 114 Å². The molecule has 0 saturated carbocycles. The largest absolute Gasteiger partial charge is 0.378 e. The second-order valence-corrected chi connectivity index (χ2v) is 6.60. The lowest BCUT2D eigenvalue weighted by molar-refractivity contribution is -0.00898. The van der Waals surface area contributed by atoms with Crippen LogP contribution in [0, 0.1) is 5.92 Å². The van der Waals surface area contributed by atoms with Crippen molar-refractivity contribution in [3.63, 3.8) is 0 Å². The molecule has 5 heteroatoms. The minimum atomic E-state index is -0.189. The first-order valence-electron chi connectivity index (χ1n) is 6.70. The Balaban J connectivity index is 1.83. The predicted octanol–water partition coefficient (Wildman–Crippen LogP) is 1.90. The molecule has 2 fully saturated rings. The van der Waals surface area contributed by atoms with E-state index in [9.17, 15) is 0 Å². The maximum atomic E-state index is 5.58. The molecule has 4 nitrogen and oxygen atoms in total. The van der Waals surface area contributed by atoms with Gasteiger partial charge < -0.3 is 14.8 Å². The maximum absolute atomic E-state index is 5.58. The molecule has 2 aliphatic heterocycles. The van der Waals surface area contributed by atoms with Crippen LogP contribution in [0.25, 0.3) is 0 Å². The van der Waals surface area contributed by atoms with Crippen LogP contribution in [0.1, 0.15) is 26.7 Å². The van der Waals surface area contributed by atoms with Gasteiger partial charge in [-0.15, -0.1) is 0 Å². The molecule has 104 valence electrons. The Hall–Kier alpha value is -0.260. The van der Waals surface area contributed by atoms with Crippen LogP contribution in [0.5, 0.6) is 0 Å². The van der Waals surface area contributed by atoms with Gasteiger partial charge >= 0.3 is 0 Å². The highest BCUT2D eigenvalue weighted by Crippen LogP contribution is 2.24. The van der Waals surface area contributed by atoms with Crippen molar-refractivity contribution in [2.24, 2.45) is 10.9 Å². The van der Waals surface area contributed by atoms with Gasteiger partial charge in [0.05, 0.1) is 13.2 Å². The van der Waals surface area contributed by atoms with Gasteiger partial charge in [-0.1, -0.05) is 25.6 Å². The van der Waals surface area contributed by atoms with Gasteiger partial charge in [0.15, 0.2) is 5.17 Å². The summed E-state index contributed by atoms with van der Waals surface area (Å²) in [6.45, 7) is 6.68. The van der Waals surface area contributed by atoms with Crippen molar-refractivity contribution < 1.29 is 9.47 Å². The fourth-order valence-electron chi connectivity index (χ4n) is 2.38. The first-order chi connectivity index (χ1) is 8.63. The number of nitrogens with zero attached hydrogens (tertiary/aromatic N) is 1. The van der Waals surface area contributed by atoms with E-state index in [0.29, 0.717) is 19.2 Å². The summed E-state index contributed by atoms with van der Waals surface area (Å²) in [4.78, 5) is 4.67. The van der Waals surface area contributed by atoms with Gasteiger partial charge in [-0.3, -0.25) is 4.99 Å². The molecule has 0 amide bonds.